The molecule has 1 amide bonds. The van der Waals surface area contributed by atoms with Crippen LogP contribution in [0.4, 0.5) is 0 Å². The summed E-state index contributed by atoms with van der Waals surface area (Å²) in [5.41, 5.74) is 6.58. The van der Waals surface area contributed by atoms with Crippen LogP contribution in [0.25, 0.3) is 5.57 Å². The number of benzene rings is 2. The van der Waals surface area contributed by atoms with Crippen molar-refractivity contribution in [3.8, 4) is 0 Å². The largest absolute Gasteiger partial charge is 0.273 e. The van der Waals surface area contributed by atoms with Crippen molar-refractivity contribution in [1.29, 1.82) is 0 Å². The summed E-state index contributed by atoms with van der Waals surface area (Å²) in [6, 6.07) is 19.9. The van der Waals surface area contributed by atoms with Crippen LogP contribution in [0, 0.1) is 0 Å². The van der Waals surface area contributed by atoms with Crippen molar-refractivity contribution < 1.29 is 4.79 Å². The first kappa shape index (κ1) is 17.5. The lowest BCUT2D eigenvalue weighted by atomic mass is 9.73. The average Bonchev–Trinajstić information content (AvgIpc) is 3.29. The smallest absolute Gasteiger partial charge is 0.239 e. The number of carbonyl (C=O) groups is 1. The molecule has 1 saturated carbocycles. The summed E-state index contributed by atoms with van der Waals surface area (Å²) in [6.07, 6.45) is 6.46. The van der Waals surface area contributed by atoms with E-state index in [1.807, 2.05) is 0 Å². The minimum Gasteiger partial charge on any atom is -0.273 e. The van der Waals surface area contributed by atoms with Crippen molar-refractivity contribution in [1.82, 2.24) is 10.0 Å². The second-order valence-corrected chi connectivity index (χ2v) is 9.78. The van der Waals surface area contributed by atoms with Crippen LogP contribution < -0.4 is 0 Å². The maximum absolute atomic E-state index is 13.4. The number of hydrazine groups is 1. The Morgan fingerprint density at radius 1 is 0.897 bits per heavy atom. The van der Waals surface area contributed by atoms with Crippen LogP contribution in [-0.4, -0.2) is 27.0 Å². The van der Waals surface area contributed by atoms with E-state index in [1.165, 1.54) is 47.1 Å². The summed E-state index contributed by atoms with van der Waals surface area (Å²) in [7, 11) is 0. The third kappa shape index (κ3) is 2.14. The first-order valence-electron chi connectivity index (χ1n) is 11.1. The van der Waals surface area contributed by atoms with Gasteiger partial charge in [-0.2, -0.15) is 0 Å². The van der Waals surface area contributed by atoms with E-state index in [-0.39, 0.29) is 17.1 Å². The summed E-state index contributed by atoms with van der Waals surface area (Å²) < 4.78 is 0. The Hall–Kier alpha value is -2.39. The van der Waals surface area contributed by atoms with Crippen LogP contribution in [0.1, 0.15) is 75.1 Å². The van der Waals surface area contributed by atoms with E-state index >= 15 is 0 Å². The van der Waals surface area contributed by atoms with Crippen LogP contribution in [0.2, 0.25) is 0 Å². The zero-order chi connectivity index (χ0) is 19.8. The van der Waals surface area contributed by atoms with Crippen LogP contribution in [0.15, 0.2) is 60.2 Å². The van der Waals surface area contributed by atoms with Crippen molar-refractivity contribution >= 4 is 11.5 Å². The summed E-state index contributed by atoms with van der Waals surface area (Å²) >= 11 is 0. The summed E-state index contributed by atoms with van der Waals surface area (Å²) in [6.45, 7) is 4.49. The quantitative estimate of drug-likeness (QED) is 0.649. The molecule has 4 aliphatic rings. The normalized spacial score (nSPS) is 26.8. The molecule has 1 spiro atoms. The lowest BCUT2D eigenvalue weighted by Gasteiger charge is -2.43. The fourth-order valence-corrected chi connectivity index (χ4v) is 6.62. The average molecular weight is 385 g/mol. The molecule has 2 saturated heterocycles. The van der Waals surface area contributed by atoms with Gasteiger partial charge in [0.1, 0.15) is 0 Å². The van der Waals surface area contributed by atoms with Gasteiger partial charge in [-0.15, -0.1) is 0 Å². The fourth-order valence-electron chi connectivity index (χ4n) is 6.62. The molecule has 2 aliphatic carbocycles. The first-order valence-corrected chi connectivity index (χ1v) is 11.1. The summed E-state index contributed by atoms with van der Waals surface area (Å²) in [5.74, 6) is 0.309. The summed E-state index contributed by atoms with van der Waals surface area (Å²) in [4.78, 5) is 13.4. The van der Waals surface area contributed by atoms with Gasteiger partial charge in [-0.25, -0.2) is 5.01 Å². The molecule has 2 heterocycles. The number of amides is 1. The second-order valence-electron chi connectivity index (χ2n) is 9.78. The van der Waals surface area contributed by atoms with E-state index in [2.05, 4.69) is 78.5 Å². The van der Waals surface area contributed by atoms with Crippen molar-refractivity contribution in [2.75, 3.05) is 0 Å². The van der Waals surface area contributed by atoms with Crippen LogP contribution in [-0.2, 0) is 4.79 Å². The van der Waals surface area contributed by atoms with E-state index < -0.39 is 0 Å². The zero-order valence-corrected chi connectivity index (χ0v) is 17.3. The van der Waals surface area contributed by atoms with Gasteiger partial charge in [-0.3, -0.25) is 9.80 Å². The lowest BCUT2D eigenvalue weighted by molar-refractivity contribution is -0.149. The molecule has 0 radical (unpaired) electrons. The molecular formula is C26H28N2O. The van der Waals surface area contributed by atoms with E-state index in [0.29, 0.717) is 12.3 Å². The maximum Gasteiger partial charge on any atom is 0.239 e. The molecule has 3 heteroatoms. The molecular weight excluding hydrogens is 356 g/mol. The Morgan fingerprint density at radius 2 is 1.59 bits per heavy atom. The van der Waals surface area contributed by atoms with Gasteiger partial charge in [0.2, 0.25) is 5.91 Å². The highest BCUT2D eigenvalue weighted by Crippen LogP contribution is 2.64. The Kier molecular flexibility index (Phi) is 3.51. The van der Waals surface area contributed by atoms with E-state index in [9.17, 15) is 4.79 Å². The molecule has 148 valence electrons. The van der Waals surface area contributed by atoms with Crippen molar-refractivity contribution in [3.05, 3.63) is 76.9 Å². The van der Waals surface area contributed by atoms with Crippen LogP contribution >= 0.6 is 0 Å². The predicted molar refractivity (Wildman–Crippen MR) is 115 cm³/mol. The SMILES string of the molecule is CC1(C)CC(=O)N2N1C1C(=C(c3ccccc3)c3ccccc31)C21CCCCC1. The third-order valence-electron chi connectivity index (χ3n) is 7.62. The highest BCUT2D eigenvalue weighted by molar-refractivity contribution is 5.93. The number of carbonyl (C=O) groups excluding carboxylic acids is 1. The van der Waals surface area contributed by atoms with Gasteiger partial charge in [0, 0.05) is 12.0 Å². The van der Waals surface area contributed by atoms with Gasteiger partial charge < -0.3 is 0 Å². The monoisotopic (exact) mass is 384 g/mol. The number of hydrogen-bond acceptors (Lipinski definition) is 2. The molecule has 1 unspecified atom stereocenters. The molecule has 6 rings (SSSR count). The summed E-state index contributed by atoms with van der Waals surface area (Å²) in [5, 5.41) is 4.69. The van der Waals surface area contributed by atoms with E-state index in [1.54, 1.807) is 0 Å². The minimum atomic E-state index is -0.160. The van der Waals surface area contributed by atoms with Crippen LogP contribution in [0.3, 0.4) is 0 Å². The van der Waals surface area contributed by atoms with Gasteiger partial charge in [-0.05, 0) is 54.5 Å². The van der Waals surface area contributed by atoms with Gasteiger partial charge in [0.05, 0.1) is 11.6 Å². The lowest BCUT2D eigenvalue weighted by Crippen LogP contribution is -2.53. The maximum atomic E-state index is 13.4. The Morgan fingerprint density at radius 3 is 2.34 bits per heavy atom. The fraction of sp³-hybridized carbons (Fsp3) is 0.423. The highest BCUT2D eigenvalue weighted by Gasteiger charge is 2.66. The molecule has 1 atom stereocenters. The highest BCUT2D eigenvalue weighted by atomic mass is 16.2. The molecule has 2 aliphatic heterocycles. The molecule has 2 aromatic carbocycles. The third-order valence-corrected chi connectivity index (χ3v) is 7.62. The minimum absolute atomic E-state index is 0.155. The van der Waals surface area contributed by atoms with Gasteiger partial charge >= 0.3 is 0 Å². The molecule has 29 heavy (non-hydrogen) atoms. The zero-order valence-electron chi connectivity index (χ0n) is 17.3. The molecule has 0 bridgehead atoms. The Bertz CT molecular complexity index is 1030. The standard InChI is InChI=1S/C26H28N2O/c1-25(2)17-21(29)27-26(15-9-4-10-16-26)23-22(18-11-5-3-6-12-18)19-13-7-8-14-20(19)24(23)28(25)27/h3,5-8,11-14,24H,4,9-10,15-17H2,1-2H3. The van der Waals surface area contributed by atoms with Crippen LogP contribution in [0.5, 0.6) is 0 Å². The Balaban J connectivity index is 1.70. The van der Waals surface area contributed by atoms with Crippen molar-refractivity contribution in [3.63, 3.8) is 0 Å². The number of rotatable bonds is 1. The number of nitrogens with zero attached hydrogens (tertiary/aromatic N) is 2. The first-order chi connectivity index (χ1) is 14.0. The number of fused-ring (bicyclic) bond motifs is 7. The van der Waals surface area contributed by atoms with Gasteiger partial charge in [0.15, 0.2) is 0 Å². The van der Waals surface area contributed by atoms with Crippen molar-refractivity contribution in [2.24, 2.45) is 0 Å². The van der Waals surface area contributed by atoms with Crippen molar-refractivity contribution in [2.45, 2.75) is 69.5 Å². The molecule has 3 nitrogen and oxygen atoms in total. The number of hydrogen-bond donors (Lipinski definition) is 0. The Labute approximate surface area is 173 Å². The van der Waals surface area contributed by atoms with Gasteiger partial charge in [0.25, 0.3) is 0 Å². The topological polar surface area (TPSA) is 23.6 Å². The molecule has 0 aromatic heterocycles. The molecule has 3 fully saturated rings. The van der Waals surface area contributed by atoms with E-state index in [0.717, 1.165) is 12.8 Å². The van der Waals surface area contributed by atoms with E-state index in [4.69, 9.17) is 0 Å². The second kappa shape index (κ2) is 5.82. The molecule has 2 aromatic rings. The van der Waals surface area contributed by atoms with Gasteiger partial charge in [-0.1, -0.05) is 73.9 Å². The predicted octanol–water partition coefficient (Wildman–Crippen LogP) is 5.49. The molecule has 0 N–H and O–H groups in total.